The van der Waals surface area contributed by atoms with Crippen LogP contribution in [0.1, 0.15) is 6.92 Å². The molecule has 0 rings (SSSR count). The molecule has 0 aliphatic rings. The van der Waals surface area contributed by atoms with E-state index in [-0.39, 0.29) is 6.54 Å². The highest BCUT2D eigenvalue weighted by molar-refractivity contribution is 7.98. The van der Waals surface area contributed by atoms with Gasteiger partial charge in [-0.15, -0.1) is 0 Å². The topological polar surface area (TPSA) is 63.3 Å². The molecule has 0 aromatic heterocycles. The molecule has 0 atom stereocenters. The molecular weight excluding hydrogens is 138 g/mol. The molecule has 0 amide bonds. The van der Waals surface area contributed by atoms with Gasteiger partial charge in [-0.2, -0.15) is 11.8 Å². The first-order valence-corrected chi connectivity index (χ1v) is 3.99. The van der Waals surface area contributed by atoms with Crippen molar-refractivity contribution >= 4 is 17.7 Å². The zero-order valence-electron chi connectivity index (χ0n) is 5.76. The van der Waals surface area contributed by atoms with Crippen molar-refractivity contribution in [3.8, 4) is 0 Å². The van der Waals surface area contributed by atoms with Crippen molar-refractivity contribution < 1.29 is 9.90 Å². The molecular formula is C5H13NO2S. The van der Waals surface area contributed by atoms with E-state index in [1.807, 2.05) is 11.8 Å². The van der Waals surface area contributed by atoms with E-state index in [2.05, 4.69) is 18.9 Å². The molecule has 0 saturated carbocycles. The lowest BCUT2D eigenvalue weighted by atomic mass is 10.7. The van der Waals surface area contributed by atoms with Crippen LogP contribution in [0.5, 0.6) is 0 Å². The van der Waals surface area contributed by atoms with E-state index in [0.717, 1.165) is 0 Å². The Bertz CT molecular complexity index is 66.0. The Morgan fingerprint density at radius 1 is 1.78 bits per heavy atom. The summed E-state index contributed by atoms with van der Waals surface area (Å²) in [6.07, 6.45) is 2.10. The molecule has 0 aromatic carbocycles. The van der Waals surface area contributed by atoms with Crippen LogP contribution in [0.25, 0.3) is 0 Å². The maximum absolute atomic E-state index is 9.24. The minimum Gasteiger partial charge on any atom is -0.480 e. The van der Waals surface area contributed by atoms with Crippen LogP contribution in [0.4, 0.5) is 0 Å². The van der Waals surface area contributed by atoms with Gasteiger partial charge in [0.15, 0.2) is 0 Å². The first kappa shape index (κ1) is 11.6. The molecule has 3 nitrogen and oxygen atoms in total. The van der Waals surface area contributed by atoms with Crippen LogP contribution in [0.2, 0.25) is 0 Å². The Kier molecular flexibility index (Phi) is 13.8. The van der Waals surface area contributed by atoms with Crippen LogP contribution in [0.3, 0.4) is 0 Å². The molecule has 0 bridgehead atoms. The monoisotopic (exact) mass is 151 g/mol. The Balaban J connectivity index is 0. The van der Waals surface area contributed by atoms with Gasteiger partial charge < -0.3 is 10.8 Å². The van der Waals surface area contributed by atoms with Crippen molar-refractivity contribution in [2.24, 2.45) is 5.73 Å². The highest BCUT2D eigenvalue weighted by Gasteiger charge is 1.81. The van der Waals surface area contributed by atoms with E-state index in [0.29, 0.717) is 0 Å². The molecule has 56 valence electrons. The molecule has 0 aliphatic heterocycles. The van der Waals surface area contributed by atoms with Crippen LogP contribution in [-0.4, -0.2) is 29.6 Å². The predicted octanol–water partition coefficient (Wildman–Crippen LogP) is 0.399. The zero-order chi connectivity index (χ0) is 7.70. The van der Waals surface area contributed by atoms with E-state index < -0.39 is 5.97 Å². The molecule has 0 fully saturated rings. The van der Waals surface area contributed by atoms with Crippen LogP contribution in [0, 0.1) is 0 Å². The van der Waals surface area contributed by atoms with Crippen molar-refractivity contribution in [3.63, 3.8) is 0 Å². The van der Waals surface area contributed by atoms with Crippen molar-refractivity contribution in [1.82, 2.24) is 0 Å². The molecule has 3 N–H and O–H groups in total. The quantitative estimate of drug-likeness (QED) is 0.599. The van der Waals surface area contributed by atoms with Gasteiger partial charge in [0.25, 0.3) is 0 Å². The van der Waals surface area contributed by atoms with E-state index in [4.69, 9.17) is 5.11 Å². The van der Waals surface area contributed by atoms with Crippen LogP contribution >= 0.6 is 11.8 Å². The molecule has 0 heterocycles. The highest BCUT2D eigenvalue weighted by Crippen LogP contribution is 1.83. The van der Waals surface area contributed by atoms with Crippen molar-refractivity contribution in [2.45, 2.75) is 6.92 Å². The van der Waals surface area contributed by atoms with Gasteiger partial charge in [0.2, 0.25) is 0 Å². The number of carboxylic acid groups (broad SMARTS) is 1. The fraction of sp³-hybridized carbons (Fsp3) is 0.800. The zero-order valence-corrected chi connectivity index (χ0v) is 6.57. The first-order chi connectivity index (χ1) is 4.18. The lowest BCUT2D eigenvalue weighted by Gasteiger charge is -1.73. The Hall–Kier alpha value is -0.220. The molecule has 0 aliphatic carbocycles. The standard InChI is InChI=1S/C3H8S.C2H5NO2/c1-3-4-2;3-1-2(4)5/h3H2,1-2H3;1,3H2,(H,4,5). The van der Waals surface area contributed by atoms with Crippen molar-refractivity contribution in [2.75, 3.05) is 18.6 Å². The first-order valence-electron chi connectivity index (χ1n) is 2.59. The summed E-state index contributed by atoms with van der Waals surface area (Å²) in [6, 6.07) is 0. The van der Waals surface area contributed by atoms with Crippen LogP contribution in [-0.2, 0) is 4.79 Å². The van der Waals surface area contributed by atoms with Gasteiger partial charge in [-0.05, 0) is 12.0 Å². The van der Waals surface area contributed by atoms with Crippen LogP contribution in [0.15, 0.2) is 0 Å². The molecule has 9 heavy (non-hydrogen) atoms. The molecule has 0 aromatic rings. The summed E-state index contributed by atoms with van der Waals surface area (Å²) < 4.78 is 0. The van der Waals surface area contributed by atoms with Gasteiger partial charge in [-0.25, -0.2) is 0 Å². The second-order valence-corrected chi connectivity index (χ2v) is 2.33. The number of rotatable bonds is 2. The molecule has 4 heteroatoms. The minimum absolute atomic E-state index is 0.278. The minimum atomic E-state index is -0.968. The summed E-state index contributed by atoms with van der Waals surface area (Å²) in [5.74, 6) is 0.269. The largest absolute Gasteiger partial charge is 0.480 e. The normalized spacial score (nSPS) is 7.44. The summed E-state index contributed by atoms with van der Waals surface area (Å²) in [7, 11) is 0. The van der Waals surface area contributed by atoms with Gasteiger partial charge in [0.05, 0.1) is 6.54 Å². The molecule has 0 spiro atoms. The third-order valence-electron chi connectivity index (χ3n) is 0.463. The third-order valence-corrected chi connectivity index (χ3v) is 1.04. The van der Waals surface area contributed by atoms with Crippen molar-refractivity contribution in [1.29, 1.82) is 0 Å². The lowest BCUT2D eigenvalue weighted by Crippen LogP contribution is -2.10. The summed E-state index contributed by atoms with van der Waals surface area (Å²) in [4.78, 5) is 9.24. The molecule has 0 unspecified atom stereocenters. The third kappa shape index (κ3) is 33.6. The highest BCUT2D eigenvalue weighted by atomic mass is 32.2. The Morgan fingerprint density at radius 3 is 2.00 bits per heavy atom. The number of thioether (sulfide) groups is 1. The number of hydrogen-bond donors (Lipinski definition) is 2. The fourth-order valence-corrected chi connectivity index (χ4v) is 0. The number of aliphatic carboxylic acids is 1. The van der Waals surface area contributed by atoms with Gasteiger partial charge in [-0.3, -0.25) is 4.79 Å². The van der Waals surface area contributed by atoms with Gasteiger partial charge >= 0.3 is 5.97 Å². The number of nitrogens with two attached hydrogens (primary N) is 1. The summed E-state index contributed by atoms with van der Waals surface area (Å²) in [5, 5.41) is 7.60. The van der Waals surface area contributed by atoms with Crippen molar-refractivity contribution in [3.05, 3.63) is 0 Å². The maximum Gasteiger partial charge on any atom is 0.317 e. The van der Waals surface area contributed by atoms with Gasteiger partial charge in [0, 0.05) is 0 Å². The fourth-order valence-electron chi connectivity index (χ4n) is 0. The number of carbonyl (C=O) groups is 1. The van der Waals surface area contributed by atoms with E-state index in [9.17, 15) is 4.79 Å². The Morgan fingerprint density at radius 2 is 2.00 bits per heavy atom. The second kappa shape index (κ2) is 10.7. The number of carboxylic acids is 1. The number of hydrogen-bond acceptors (Lipinski definition) is 3. The SMILES string of the molecule is CCSC.NCC(=O)O. The molecule has 0 radical (unpaired) electrons. The lowest BCUT2D eigenvalue weighted by molar-refractivity contribution is -0.135. The van der Waals surface area contributed by atoms with E-state index in [1.54, 1.807) is 0 Å². The molecule has 0 saturated heterocycles. The van der Waals surface area contributed by atoms with Gasteiger partial charge in [0.1, 0.15) is 0 Å². The average molecular weight is 151 g/mol. The Labute approximate surface area is 59.6 Å². The second-order valence-electron chi connectivity index (χ2n) is 1.18. The van der Waals surface area contributed by atoms with E-state index in [1.165, 1.54) is 5.75 Å². The average Bonchev–Trinajstić information content (AvgIpc) is 1.89. The summed E-state index contributed by atoms with van der Waals surface area (Å²) in [5.41, 5.74) is 4.57. The predicted molar refractivity (Wildman–Crippen MR) is 40.7 cm³/mol. The summed E-state index contributed by atoms with van der Waals surface area (Å²) in [6.45, 7) is 1.87. The summed E-state index contributed by atoms with van der Waals surface area (Å²) >= 11 is 1.86. The van der Waals surface area contributed by atoms with Crippen LogP contribution < -0.4 is 5.73 Å². The smallest absolute Gasteiger partial charge is 0.317 e. The van der Waals surface area contributed by atoms with E-state index >= 15 is 0 Å². The maximum atomic E-state index is 9.24. The van der Waals surface area contributed by atoms with Gasteiger partial charge in [-0.1, -0.05) is 6.92 Å².